The minimum atomic E-state index is 0.749. The molecule has 19 heavy (non-hydrogen) atoms. The fourth-order valence-corrected chi connectivity index (χ4v) is 4.21. The van der Waals surface area contributed by atoms with Crippen molar-refractivity contribution < 1.29 is 0 Å². The third kappa shape index (κ3) is 3.50. The van der Waals surface area contributed by atoms with Gasteiger partial charge in [-0.2, -0.15) is 0 Å². The largest absolute Gasteiger partial charge is 0.313 e. The highest BCUT2D eigenvalue weighted by Crippen LogP contribution is 2.24. The van der Waals surface area contributed by atoms with Gasteiger partial charge in [0.15, 0.2) is 0 Å². The second-order valence-electron chi connectivity index (χ2n) is 6.95. The van der Waals surface area contributed by atoms with Crippen molar-refractivity contribution in [1.29, 1.82) is 0 Å². The Kier molecular flexibility index (Phi) is 4.78. The molecule has 3 aliphatic heterocycles. The molecule has 3 aliphatic rings. The van der Waals surface area contributed by atoms with Gasteiger partial charge in [-0.1, -0.05) is 19.3 Å². The summed E-state index contributed by atoms with van der Waals surface area (Å²) < 4.78 is 0. The average Bonchev–Trinajstić information content (AvgIpc) is 2.68. The summed E-state index contributed by atoms with van der Waals surface area (Å²) in [6.45, 7) is 8.93. The molecule has 3 unspecified atom stereocenters. The molecule has 0 spiro atoms. The van der Waals surface area contributed by atoms with Gasteiger partial charge in [0.05, 0.1) is 0 Å². The van der Waals surface area contributed by atoms with Crippen LogP contribution in [0.1, 0.15) is 51.9 Å². The number of hydrogen-bond donors (Lipinski definition) is 1. The number of fused-ring (bicyclic) bond motifs is 1. The SMILES string of the molecule is CC1CN2CCCCC2CN1CC1CCCCCN1. The van der Waals surface area contributed by atoms with E-state index in [2.05, 4.69) is 22.0 Å². The monoisotopic (exact) mass is 265 g/mol. The summed E-state index contributed by atoms with van der Waals surface area (Å²) in [6, 6.07) is 2.36. The summed E-state index contributed by atoms with van der Waals surface area (Å²) >= 11 is 0. The number of piperazine rings is 1. The van der Waals surface area contributed by atoms with Gasteiger partial charge < -0.3 is 5.32 Å². The van der Waals surface area contributed by atoms with E-state index in [0.29, 0.717) is 0 Å². The van der Waals surface area contributed by atoms with Crippen LogP contribution in [0.15, 0.2) is 0 Å². The van der Waals surface area contributed by atoms with Crippen molar-refractivity contribution in [2.75, 3.05) is 32.7 Å². The molecule has 3 atom stereocenters. The van der Waals surface area contributed by atoms with Crippen LogP contribution in [0.3, 0.4) is 0 Å². The Hall–Kier alpha value is -0.120. The van der Waals surface area contributed by atoms with Crippen LogP contribution in [0.2, 0.25) is 0 Å². The number of hydrogen-bond acceptors (Lipinski definition) is 3. The van der Waals surface area contributed by atoms with Gasteiger partial charge in [-0.25, -0.2) is 0 Å². The lowest BCUT2D eigenvalue weighted by molar-refractivity contribution is 0.0106. The molecule has 0 aromatic carbocycles. The Morgan fingerprint density at radius 3 is 2.84 bits per heavy atom. The molecular formula is C16H31N3. The third-order valence-electron chi connectivity index (χ3n) is 5.43. The van der Waals surface area contributed by atoms with Crippen molar-refractivity contribution in [3.8, 4) is 0 Å². The van der Waals surface area contributed by atoms with Gasteiger partial charge in [0, 0.05) is 37.8 Å². The van der Waals surface area contributed by atoms with Crippen molar-refractivity contribution in [2.45, 2.75) is 70.0 Å². The highest BCUT2D eigenvalue weighted by molar-refractivity contribution is 4.90. The zero-order chi connectivity index (χ0) is 13.1. The molecule has 3 heterocycles. The topological polar surface area (TPSA) is 18.5 Å². The quantitative estimate of drug-likeness (QED) is 0.825. The lowest BCUT2D eigenvalue weighted by atomic mass is 9.96. The van der Waals surface area contributed by atoms with E-state index in [0.717, 1.165) is 18.1 Å². The number of nitrogens with one attached hydrogen (secondary N) is 1. The standard InChI is InChI=1S/C16H31N3/c1-14-11-18-10-6-4-8-16(18)13-19(14)12-15-7-3-2-5-9-17-15/h14-17H,2-13H2,1H3. The average molecular weight is 265 g/mol. The fraction of sp³-hybridized carbons (Fsp3) is 1.00. The maximum Gasteiger partial charge on any atom is 0.0223 e. The molecule has 3 nitrogen and oxygen atoms in total. The first kappa shape index (κ1) is 13.8. The molecule has 0 saturated carbocycles. The Balaban J connectivity index is 1.54. The highest BCUT2D eigenvalue weighted by atomic mass is 15.3. The van der Waals surface area contributed by atoms with E-state index >= 15 is 0 Å². The molecule has 110 valence electrons. The minimum absolute atomic E-state index is 0.749. The Morgan fingerprint density at radius 1 is 1.00 bits per heavy atom. The molecule has 0 aliphatic carbocycles. The van der Waals surface area contributed by atoms with Gasteiger partial charge in [0.25, 0.3) is 0 Å². The summed E-state index contributed by atoms with van der Waals surface area (Å²) in [7, 11) is 0. The van der Waals surface area contributed by atoms with Gasteiger partial charge >= 0.3 is 0 Å². The summed E-state index contributed by atoms with van der Waals surface area (Å²) in [4.78, 5) is 5.53. The van der Waals surface area contributed by atoms with Gasteiger partial charge in [-0.05, 0) is 45.7 Å². The molecular weight excluding hydrogens is 234 g/mol. The Bertz CT molecular complexity index is 273. The van der Waals surface area contributed by atoms with Crippen molar-refractivity contribution >= 4 is 0 Å². The third-order valence-corrected chi connectivity index (χ3v) is 5.43. The van der Waals surface area contributed by atoms with Crippen LogP contribution in [-0.4, -0.2) is 60.6 Å². The number of rotatable bonds is 2. The Labute approximate surface area is 118 Å². The summed E-state index contributed by atoms with van der Waals surface area (Å²) in [5.41, 5.74) is 0. The van der Waals surface area contributed by atoms with Gasteiger partial charge in [-0.3, -0.25) is 9.80 Å². The van der Waals surface area contributed by atoms with E-state index in [-0.39, 0.29) is 0 Å². The molecule has 3 fully saturated rings. The van der Waals surface area contributed by atoms with E-state index in [1.54, 1.807) is 0 Å². The van der Waals surface area contributed by atoms with Crippen molar-refractivity contribution in [3.05, 3.63) is 0 Å². The number of piperidine rings is 1. The smallest absolute Gasteiger partial charge is 0.0223 e. The van der Waals surface area contributed by atoms with Crippen LogP contribution in [0.5, 0.6) is 0 Å². The van der Waals surface area contributed by atoms with Crippen LogP contribution >= 0.6 is 0 Å². The van der Waals surface area contributed by atoms with Crippen molar-refractivity contribution in [2.24, 2.45) is 0 Å². The van der Waals surface area contributed by atoms with E-state index in [1.807, 2.05) is 0 Å². The predicted octanol–water partition coefficient (Wildman–Crippen LogP) is 2.08. The zero-order valence-electron chi connectivity index (χ0n) is 12.6. The molecule has 0 amide bonds. The van der Waals surface area contributed by atoms with Gasteiger partial charge in [0.2, 0.25) is 0 Å². The molecule has 1 N–H and O–H groups in total. The first-order valence-corrected chi connectivity index (χ1v) is 8.54. The Morgan fingerprint density at radius 2 is 1.89 bits per heavy atom. The summed E-state index contributed by atoms with van der Waals surface area (Å²) in [5.74, 6) is 0. The lowest BCUT2D eigenvalue weighted by Crippen LogP contribution is -2.60. The first-order chi connectivity index (χ1) is 9.33. The van der Waals surface area contributed by atoms with E-state index in [1.165, 1.54) is 77.7 Å². The zero-order valence-corrected chi connectivity index (χ0v) is 12.6. The molecule has 0 bridgehead atoms. The van der Waals surface area contributed by atoms with E-state index in [4.69, 9.17) is 0 Å². The maximum absolute atomic E-state index is 3.77. The minimum Gasteiger partial charge on any atom is -0.313 e. The lowest BCUT2D eigenvalue weighted by Gasteiger charge is -2.48. The van der Waals surface area contributed by atoms with Crippen molar-refractivity contribution in [3.63, 3.8) is 0 Å². The molecule has 3 saturated heterocycles. The first-order valence-electron chi connectivity index (χ1n) is 8.54. The normalized spacial score (nSPS) is 38.7. The van der Waals surface area contributed by atoms with Gasteiger partial charge in [-0.15, -0.1) is 0 Å². The molecule has 3 rings (SSSR count). The number of nitrogens with zero attached hydrogens (tertiary/aromatic N) is 2. The second kappa shape index (κ2) is 6.55. The maximum atomic E-state index is 3.77. The van der Waals surface area contributed by atoms with Crippen LogP contribution < -0.4 is 5.32 Å². The highest BCUT2D eigenvalue weighted by Gasteiger charge is 2.33. The van der Waals surface area contributed by atoms with Crippen LogP contribution in [0, 0.1) is 0 Å². The predicted molar refractivity (Wildman–Crippen MR) is 80.5 cm³/mol. The summed E-state index contributed by atoms with van der Waals surface area (Å²) in [5, 5.41) is 3.77. The van der Waals surface area contributed by atoms with Crippen LogP contribution in [0.25, 0.3) is 0 Å². The van der Waals surface area contributed by atoms with E-state index in [9.17, 15) is 0 Å². The molecule has 0 aromatic rings. The summed E-state index contributed by atoms with van der Waals surface area (Å²) in [6.07, 6.45) is 9.92. The van der Waals surface area contributed by atoms with Crippen molar-refractivity contribution in [1.82, 2.24) is 15.1 Å². The van der Waals surface area contributed by atoms with E-state index < -0.39 is 0 Å². The molecule has 0 aromatic heterocycles. The second-order valence-corrected chi connectivity index (χ2v) is 6.95. The fourth-order valence-electron chi connectivity index (χ4n) is 4.21. The molecule has 3 heteroatoms. The molecule has 0 radical (unpaired) electrons. The van der Waals surface area contributed by atoms with Crippen LogP contribution in [0.4, 0.5) is 0 Å². The van der Waals surface area contributed by atoms with Gasteiger partial charge in [0.1, 0.15) is 0 Å². The van der Waals surface area contributed by atoms with Crippen LogP contribution in [-0.2, 0) is 0 Å².